The SMILES string of the molecule is COc1ccc(O[C@@H](C)C(=O)NC(c2ccccc2)c2ccccc2)cc1. The standard InChI is InChI=1S/C23H23NO3/c1-17(27-21-15-13-20(26-2)14-16-21)23(25)24-22(18-9-5-3-6-10-18)19-11-7-4-8-12-19/h3-17,22H,1-2H3,(H,24,25)/t17-/m0/s1. The Hall–Kier alpha value is -3.27. The van der Waals surface area contributed by atoms with Crippen molar-refractivity contribution >= 4 is 5.91 Å². The molecule has 0 spiro atoms. The minimum Gasteiger partial charge on any atom is -0.497 e. The number of amides is 1. The maximum atomic E-state index is 12.8. The second-order valence-corrected chi connectivity index (χ2v) is 6.20. The molecule has 1 amide bonds. The predicted octanol–water partition coefficient (Wildman–Crippen LogP) is 4.37. The highest BCUT2D eigenvalue weighted by Gasteiger charge is 2.21. The zero-order chi connectivity index (χ0) is 19.1. The van der Waals surface area contributed by atoms with Crippen LogP contribution in [-0.4, -0.2) is 19.1 Å². The van der Waals surface area contributed by atoms with Gasteiger partial charge in [0, 0.05) is 0 Å². The smallest absolute Gasteiger partial charge is 0.261 e. The van der Waals surface area contributed by atoms with Gasteiger partial charge < -0.3 is 14.8 Å². The highest BCUT2D eigenvalue weighted by Crippen LogP contribution is 2.23. The molecule has 27 heavy (non-hydrogen) atoms. The fourth-order valence-electron chi connectivity index (χ4n) is 2.82. The zero-order valence-corrected chi connectivity index (χ0v) is 15.5. The summed E-state index contributed by atoms with van der Waals surface area (Å²) in [5.41, 5.74) is 2.04. The molecule has 0 fully saturated rings. The summed E-state index contributed by atoms with van der Waals surface area (Å²) in [7, 11) is 1.61. The second-order valence-electron chi connectivity index (χ2n) is 6.20. The molecule has 0 saturated carbocycles. The Morgan fingerprint density at radius 2 is 1.26 bits per heavy atom. The lowest BCUT2D eigenvalue weighted by atomic mass is 9.98. The van der Waals surface area contributed by atoms with Crippen LogP contribution < -0.4 is 14.8 Å². The Morgan fingerprint density at radius 1 is 0.778 bits per heavy atom. The van der Waals surface area contributed by atoms with Crippen molar-refractivity contribution in [3.05, 3.63) is 96.1 Å². The van der Waals surface area contributed by atoms with Crippen LogP contribution in [0.4, 0.5) is 0 Å². The highest BCUT2D eigenvalue weighted by atomic mass is 16.5. The van der Waals surface area contributed by atoms with E-state index in [1.807, 2.05) is 60.7 Å². The molecule has 3 aromatic rings. The van der Waals surface area contributed by atoms with Gasteiger partial charge in [-0.2, -0.15) is 0 Å². The van der Waals surface area contributed by atoms with Crippen LogP contribution in [0.3, 0.4) is 0 Å². The summed E-state index contributed by atoms with van der Waals surface area (Å²) < 4.78 is 10.9. The largest absolute Gasteiger partial charge is 0.497 e. The normalized spacial score (nSPS) is 11.7. The number of hydrogen-bond donors (Lipinski definition) is 1. The van der Waals surface area contributed by atoms with Crippen LogP contribution in [0.2, 0.25) is 0 Å². The van der Waals surface area contributed by atoms with Crippen molar-refractivity contribution in [3.8, 4) is 11.5 Å². The fraction of sp³-hybridized carbons (Fsp3) is 0.174. The third-order valence-electron chi connectivity index (χ3n) is 4.29. The fourth-order valence-corrected chi connectivity index (χ4v) is 2.82. The lowest BCUT2D eigenvalue weighted by Crippen LogP contribution is -2.39. The van der Waals surface area contributed by atoms with Crippen molar-refractivity contribution in [2.45, 2.75) is 19.1 Å². The van der Waals surface area contributed by atoms with E-state index in [9.17, 15) is 4.79 Å². The Morgan fingerprint density at radius 3 is 1.74 bits per heavy atom. The van der Waals surface area contributed by atoms with Crippen molar-refractivity contribution in [2.75, 3.05) is 7.11 Å². The molecule has 0 saturated heterocycles. The molecule has 0 aliphatic rings. The number of nitrogens with one attached hydrogen (secondary N) is 1. The van der Waals surface area contributed by atoms with E-state index in [1.165, 1.54) is 0 Å². The molecule has 1 N–H and O–H groups in total. The monoisotopic (exact) mass is 361 g/mol. The molecule has 0 aromatic heterocycles. The van der Waals surface area contributed by atoms with Gasteiger partial charge in [0.25, 0.3) is 5.91 Å². The number of hydrogen-bond acceptors (Lipinski definition) is 3. The number of rotatable bonds is 7. The summed E-state index contributed by atoms with van der Waals surface area (Å²) in [4.78, 5) is 12.8. The van der Waals surface area contributed by atoms with Crippen LogP contribution in [0.25, 0.3) is 0 Å². The van der Waals surface area contributed by atoms with Crippen molar-refractivity contribution < 1.29 is 14.3 Å². The molecular formula is C23H23NO3. The topological polar surface area (TPSA) is 47.6 Å². The average Bonchev–Trinajstić information content (AvgIpc) is 2.73. The van der Waals surface area contributed by atoms with E-state index in [4.69, 9.17) is 9.47 Å². The molecule has 0 bridgehead atoms. The molecule has 0 aliphatic carbocycles. The first-order chi connectivity index (χ1) is 13.2. The van der Waals surface area contributed by atoms with Gasteiger partial charge >= 0.3 is 0 Å². The second kappa shape index (κ2) is 8.90. The summed E-state index contributed by atoms with van der Waals surface area (Å²) >= 11 is 0. The quantitative estimate of drug-likeness (QED) is 0.680. The Balaban J connectivity index is 1.73. The Bertz CT molecular complexity index is 808. The van der Waals surface area contributed by atoms with E-state index in [0.717, 1.165) is 16.9 Å². The Labute approximate surface area is 159 Å². The minimum atomic E-state index is -0.631. The average molecular weight is 361 g/mol. The van der Waals surface area contributed by atoms with Gasteiger partial charge in [-0.25, -0.2) is 0 Å². The van der Waals surface area contributed by atoms with E-state index in [1.54, 1.807) is 38.3 Å². The van der Waals surface area contributed by atoms with Crippen molar-refractivity contribution in [3.63, 3.8) is 0 Å². The van der Waals surface area contributed by atoms with Crippen LogP contribution in [0.1, 0.15) is 24.1 Å². The van der Waals surface area contributed by atoms with Gasteiger partial charge in [0.15, 0.2) is 6.10 Å². The number of methoxy groups -OCH3 is 1. The molecule has 0 aliphatic heterocycles. The van der Waals surface area contributed by atoms with Gasteiger partial charge in [-0.3, -0.25) is 4.79 Å². The molecule has 0 unspecified atom stereocenters. The molecule has 4 heteroatoms. The lowest BCUT2D eigenvalue weighted by molar-refractivity contribution is -0.127. The van der Waals surface area contributed by atoms with E-state index in [2.05, 4.69) is 5.32 Å². The molecule has 3 aromatic carbocycles. The van der Waals surface area contributed by atoms with Crippen molar-refractivity contribution in [1.29, 1.82) is 0 Å². The molecule has 0 radical (unpaired) electrons. The first kappa shape index (κ1) is 18.5. The van der Waals surface area contributed by atoms with E-state index in [0.29, 0.717) is 5.75 Å². The maximum Gasteiger partial charge on any atom is 0.261 e. The van der Waals surface area contributed by atoms with Crippen molar-refractivity contribution in [2.24, 2.45) is 0 Å². The first-order valence-corrected chi connectivity index (χ1v) is 8.88. The van der Waals surface area contributed by atoms with Gasteiger partial charge in [0.1, 0.15) is 11.5 Å². The molecule has 0 heterocycles. The summed E-state index contributed by atoms with van der Waals surface area (Å²) in [6.45, 7) is 1.74. The Kier molecular flexibility index (Phi) is 6.10. The molecule has 4 nitrogen and oxygen atoms in total. The van der Waals surface area contributed by atoms with Gasteiger partial charge in [-0.15, -0.1) is 0 Å². The van der Waals surface area contributed by atoms with Gasteiger partial charge in [0.2, 0.25) is 0 Å². The molecule has 1 atom stereocenters. The first-order valence-electron chi connectivity index (χ1n) is 8.88. The van der Waals surface area contributed by atoms with Crippen LogP contribution in [0, 0.1) is 0 Å². The van der Waals surface area contributed by atoms with E-state index in [-0.39, 0.29) is 11.9 Å². The van der Waals surface area contributed by atoms with Crippen LogP contribution in [0.5, 0.6) is 11.5 Å². The lowest BCUT2D eigenvalue weighted by Gasteiger charge is -2.22. The van der Waals surface area contributed by atoms with Crippen LogP contribution >= 0.6 is 0 Å². The number of benzene rings is 3. The van der Waals surface area contributed by atoms with Crippen molar-refractivity contribution in [1.82, 2.24) is 5.32 Å². The number of carbonyl (C=O) groups excluding carboxylic acids is 1. The number of carbonyl (C=O) groups is 1. The van der Waals surface area contributed by atoms with Gasteiger partial charge in [0.05, 0.1) is 13.2 Å². The maximum absolute atomic E-state index is 12.8. The van der Waals surface area contributed by atoms with E-state index < -0.39 is 6.10 Å². The van der Waals surface area contributed by atoms with Gasteiger partial charge in [-0.1, -0.05) is 60.7 Å². The summed E-state index contributed by atoms with van der Waals surface area (Å²) in [5, 5.41) is 3.10. The third-order valence-corrected chi connectivity index (χ3v) is 4.29. The zero-order valence-electron chi connectivity index (χ0n) is 15.5. The molecule has 138 valence electrons. The third kappa shape index (κ3) is 4.88. The summed E-state index contributed by atoms with van der Waals surface area (Å²) in [6.07, 6.45) is -0.631. The van der Waals surface area contributed by atoms with E-state index >= 15 is 0 Å². The molecule has 3 rings (SSSR count). The highest BCUT2D eigenvalue weighted by molar-refractivity contribution is 5.81. The number of ether oxygens (including phenoxy) is 2. The molecular weight excluding hydrogens is 338 g/mol. The predicted molar refractivity (Wildman–Crippen MR) is 106 cm³/mol. The summed E-state index contributed by atoms with van der Waals surface area (Å²) in [5.74, 6) is 1.19. The van der Waals surface area contributed by atoms with Crippen LogP contribution in [0.15, 0.2) is 84.9 Å². The van der Waals surface area contributed by atoms with Gasteiger partial charge in [-0.05, 0) is 42.3 Å². The summed E-state index contributed by atoms with van der Waals surface area (Å²) in [6, 6.07) is 26.8. The minimum absolute atomic E-state index is 0.177. The van der Waals surface area contributed by atoms with Crippen LogP contribution in [-0.2, 0) is 4.79 Å².